The van der Waals surface area contributed by atoms with Crippen molar-refractivity contribution in [1.29, 1.82) is 0 Å². The first-order chi connectivity index (χ1) is 11.4. The van der Waals surface area contributed by atoms with Crippen molar-refractivity contribution >= 4 is 8.32 Å². The van der Waals surface area contributed by atoms with Crippen LogP contribution in [0.5, 0.6) is 0 Å². The Morgan fingerprint density at radius 3 is 2.40 bits per heavy atom. The third-order valence-electron chi connectivity index (χ3n) is 7.41. The molecule has 146 valence electrons. The van der Waals surface area contributed by atoms with Crippen LogP contribution in [0.3, 0.4) is 0 Å². The molecule has 0 bridgehead atoms. The van der Waals surface area contributed by atoms with E-state index >= 15 is 0 Å². The van der Waals surface area contributed by atoms with E-state index in [-0.39, 0.29) is 28.8 Å². The topological polar surface area (TPSA) is 47.9 Å². The molecule has 4 atom stereocenters. The van der Waals surface area contributed by atoms with Gasteiger partial charge in [-0.05, 0) is 43.3 Å². The lowest BCUT2D eigenvalue weighted by molar-refractivity contribution is -0.217. The van der Waals surface area contributed by atoms with Crippen LogP contribution in [0.4, 0.5) is 0 Å². The molecule has 2 aliphatic carbocycles. The summed E-state index contributed by atoms with van der Waals surface area (Å²) in [6, 6.07) is 0. The Kier molecular flexibility index (Phi) is 4.78. The smallest absolute Gasteiger partial charge is 0.192 e. The van der Waals surface area contributed by atoms with Gasteiger partial charge in [0.05, 0.1) is 25.9 Å². The normalized spacial score (nSPS) is 41.3. The molecule has 1 spiro atoms. The minimum atomic E-state index is -1.96. The number of aliphatic hydroxyl groups is 1. The van der Waals surface area contributed by atoms with Crippen LogP contribution < -0.4 is 0 Å². The van der Waals surface area contributed by atoms with E-state index in [1.807, 2.05) is 0 Å². The van der Waals surface area contributed by atoms with Gasteiger partial charge in [0, 0.05) is 5.41 Å². The first-order valence-electron chi connectivity index (χ1n) is 9.96. The van der Waals surface area contributed by atoms with Gasteiger partial charge >= 0.3 is 0 Å². The molecule has 4 unspecified atom stereocenters. The Morgan fingerprint density at radius 2 is 1.80 bits per heavy atom. The molecule has 3 aliphatic rings. The SMILES string of the molecule is CC1(C)COC23CCCC2CC(O[Si](C)(C)C(C)(C)C)C3(CO)OC1. The molecule has 25 heavy (non-hydrogen) atoms. The quantitative estimate of drug-likeness (QED) is 0.759. The second-order valence-electron chi connectivity index (χ2n) is 10.9. The number of ether oxygens (including phenoxy) is 2. The minimum absolute atomic E-state index is 0.0150. The first-order valence-corrected chi connectivity index (χ1v) is 12.9. The van der Waals surface area contributed by atoms with Crippen molar-refractivity contribution < 1.29 is 19.0 Å². The predicted octanol–water partition coefficient (Wildman–Crippen LogP) is 4.12. The fourth-order valence-electron chi connectivity index (χ4n) is 4.81. The van der Waals surface area contributed by atoms with Crippen LogP contribution in [-0.2, 0) is 13.9 Å². The highest BCUT2D eigenvalue weighted by Crippen LogP contribution is 2.60. The summed E-state index contributed by atoms with van der Waals surface area (Å²) in [7, 11) is -1.96. The molecule has 3 fully saturated rings. The molecule has 1 N–H and O–H groups in total. The van der Waals surface area contributed by atoms with E-state index in [1.165, 1.54) is 0 Å². The molecular formula is C20H38O4Si. The fourth-order valence-corrected chi connectivity index (χ4v) is 6.16. The zero-order valence-corrected chi connectivity index (χ0v) is 18.3. The molecule has 4 nitrogen and oxygen atoms in total. The second-order valence-corrected chi connectivity index (χ2v) is 15.6. The first kappa shape index (κ1) is 19.8. The Morgan fingerprint density at radius 1 is 1.16 bits per heavy atom. The van der Waals surface area contributed by atoms with E-state index in [9.17, 15) is 5.11 Å². The van der Waals surface area contributed by atoms with Crippen LogP contribution in [0.1, 0.15) is 60.3 Å². The highest BCUT2D eigenvalue weighted by Gasteiger charge is 2.70. The van der Waals surface area contributed by atoms with Gasteiger partial charge in [-0.15, -0.1) is 0 Å². The van der Waals surface area contributed by atoms with Gasteiger partial charge in [0.15, 0.2) is 8.32 Å². The number of aliphatic hydroxyl groups excluding tert-OH is 1. The Balaban J connectivity index is 1.98. The monoisotopic (exact) mass is 370 g/mol. The molecule has 3 rings (SSSR count). The van der Waals surface area contributed by atoms with Gasteiger partial charge < -0.3 is 19.0 Å². The van der Waals surface area contributed by atoms with Crippen LogP contribution >= 0.6 is 0 Å². The fraction of sp³-hybridized carbons (Fsp3) is 1.00. The summed E-state index contributed by atoms with van der Waals surface area (Å²) in [6.07, 6.45) is 4.17. The lowest BCUT2D eigenvalue weighted by atomic mass is 9.81. The zero-order valence-electron chi connectivity index (χ0n) is 17.3. The maximum atomic E-state index is 10.6. The molecule has 0 amide bonds. The van der Waals surface area contributed by atoms with Crippen molar-refractivity contribution in [2.24, 2.45) is 11.3 Å². The van der Waals surface area contributed by atoms with E-state index in [2.05, 4.69) is 47.7 Å². The average molecular weight is 371 g/mol. The third-order valence-corrected chi connectivity index (χ3v) is 11.9. The van der Waals surface area contributed by atoms with Crippen molar-refractivity contribution in [2.45, 2.75) is 95.7 Å². The van der Waals surface area contributed by atoms with Crippen LogP contribution in [0.2, 0.25) is 18.1 Å². The molecule has 0 radical (unpaired) electrons. The predicted molar refractivity (Wildman–Crippen MR) is 102 cm³/mol. The van der Waals surface area contributed by atoms with Crippen molar-refractivity contribution in [1.82, 2.24) is 0 Å². The molecule has 0 aromatic carbocycles. The molecule has 0 aromatic heterocycles. The largest absolute Gasteiger partial charge is 0.411 e. The summed E-state index contributed by atoms with van der Waals surface area (Å²) >= 11 is 0. The van der Waals surface area contributed by atoms with E-state index in [4.69, 9.17) is 13.9 Å². The van der Waals surface area contributed by atoms with Crippen molar-refractivity contribution in [3.05, 3.63) is 0 Å². The van der Waals surface area contributed by atoms with Crippen LogP contribution in [0.25, 0.3) is 0 Å². The number of hydrogen-bond acceptors (Lipinski definition) is 4. The lowest BCUT2D eigenvalue weighted by Gasteiger charge is -2.48. The van der Waals surface area contributed by atoms with Crippen LogP contribution in [0, 0.1) is 11.3 Å². The number of rotatable bonds is 3. The standard InChI is InChI=1S/C20H38O4Si/c1-17(2,3)25(6,7)24-16-11-15-9-8-10-19(15)20(16,12-21)23-14-18(4,5)13-22-19/h15-16,21H,8-14H2,1-7H3. The second kappa shape index (κ2) is 6.03. The van der Waals surface area contributed by atoms with E-state index in [0.29, 0.717) is 19.1 Å². The van der Waals surface area contributed by atoms with E-state index in [0.717, 1.165) is 25.7 Å². The zero-order chi connectivity index (χ0) is 18.7. The van der Waals surface area contributed by atoms with Gasteiger partial charge in [0.1, 0.15) is 11.2 Å². The summed E-state index contributed by atoms with van der Waals surface area (Å²) in [4.78, 5) is 0. The molecule has 1 saturated heterocycles. The summed E-state index contributed by atoms with van der Waals surface area (Å²) in [6.45, 7) is 17.0. The van der Waals surface area contributed by atoms with E-state index in [1.54, 1.807) is 0 Å². The lowest BCUT2D eigenvalue weighted by Crippen LogP contribution is -2.63. The highest BCUT2D eigenvalue weighted by molar-refractivity contribution is 6.74. The summed E-state index contributed by atoms with van der Waals surface area (Å²) < 4.78 is 20.1. The van der Waals surface area contributed by atoms with Gasteiger partial charge in [0.2, 0.25) is 0 Å². The Labute approximate surface area is 154 Å². The Hall–Kier alpha value is 0.0569. The van der Waals surface area contributed by atoms with Crippen LogP contribution in [0.15, 0.2) is 0 Å². The highest BCUT2D eigenvalue weighted by atomic mass is 28.4. The van der Waals surface area contributed by atoms with Gasteiger partial charge in [-0.3, -0.25) is 0 Å². The molecule has 1 aliphatic heterocycles. The summed E-state index contributed by atoms with van der Waals surface area (Å²) in [5, 5.41) is 10.7. The number of hydrogen-bond donors (Lipinski definition) is 1. The van der Waals surface area contributed by atoms with Crippen LogP contribution in [-0.4, -0.2) is 50.6 Å². The van der Waals surface area contributed by atoms with Crippen molar-refractivity contribution in [3.8, 4) is 0 Å². The molecule has 0 aromatic rings. The maximum absolute atomic E-state index is 10.6. The van der Waals surface area contributed by atoms with E-state index < -0.39 is 13.9 Å². The molecule has 1 heterocycles. The van der Waals surface area contributed by atoms with Gasteiger partial charge in [0.25, 0.3) is 0 Å². The molecular weight excluding hydrogens is 332 g/mol. The average Bonchev–Trinajstić information content (AvgIpc) is 2.94. The van der Waals surface area contributed by atoms with Crippen molar-refractivity contribution in [2.75, 3.05) is 19.8 Å². The van der Waals surface area contributed by atoms with Gasteiger partial charge in [-0.25, -0.2) is 0 Å². The molecule has 2 saturated carbocycles. The van der Waals surface area contributed by atoms with Gasteiger partial charge in [-0.2, -0.15) is 0 Å². The minimum Gasteiger partial charge on any atom is -0.411 e. The summed E-state index contributed by atoms with van der Waals surface area (Å²) in [5.74, 6) is 0.434. The molecule has 5 heteroatoms. The van der Waals surface area contributed by atoms with Crippen molar-refractivity contribution in [3.63, 3.8) is 0 Å². The maximum Gasteiger partial charge on any atom is 0.192 e. The third kappa shape index (κ3) is 2.94. The Bertz CT molecular complexity index is 512. The van der Waals surface area contributed by atoms with Gasteiger partial charge in [-0.1, -0.05) is 41.0 Å². The summed E-state index contributed by atoms with van der Waals surface area (Å²) in [5.41, 5.74) is -1.12.